The van der Waals surface area contributed by atoms with Crippen LogP contribution in [0, 0.1) is 6.92 Å². The summed E-state index contributed by atoms with van der Waals surface area (Å²) in [6.07, 6.45) is 4.62. The van der Waals surface area contributed by atoms with Gasteiger partial charge in [0.2, 0.25) is 0 Å². The summed E-state index contributed by atoms with van der Waals surface area (Å²) in [6.45, 7) is 8.66. The zero-order chi connectivity index (χ0) is 14.8. The van der Waals surface area contributed by atoms with E-state index in [1.165, 1.54) is 24.9 Å². The monoisotopic (exact) mass is 287 g/mol. The highest BCUT2D eigenvalue weighted by Gasteiger charge is 2.22. The van der Waals surface area contributed by atoms with E-state index in [1.807, 2.05) is 24.9 Å². The minimum absolute atomic E-state index is 0.701. The number of nitrogens with zero attached hydrogens (tertiary/aromatic N) is 4. The molecule has 0 spiro atoms. The molecule has 0 bridgehead atoms. The van der Waals surface area contributed by atoms with Gasteiger partial charge in [-0.15, -0.1) is 0 Å². The van der Waals surface area contributed by atoms with Gasteiger partial charge in [0.05, 0.1) is 5.69 Å². The summed E-state index contributed by atoms with van der Waals surface area (Å²) in [5.74, 6) is 0. The Balaban J connectivity index is 1.62. The zero-order valence-electron chi connectivity index (χ0n) is 13.3. The molecular weight excluding hydrogens is 262 g/mol. The molecule has 0 saturated carbocycles. The molecule has 1 atom stereocenters. The number of fused-ring (bicyclic) bond motifs is 1. The summed E-state index contributed by atoms with van der Waals surface area (Å²) < 4.78 is 1.85. The Hall–Kier alpha value is -1.46. The first-order chi connectivity index (χ1) is 10.2. The Morgan fingerprint density at radius 1 is 1.43 bits per heavy atom. The molecule has 1 aliphatic rings. The van der Waals surface area contributed by atoms with E-state index in [0.717, 1.165) is 36.4 Å². The van der Waals surface area contributed by atoms with Crippen LogP contribution in [0.15, 0.2) is 12.3 Å². The van der Waals surface area contributed by atoms with Gasteiger partial charge in [0.1, 0.15) is 0 Å². The van der Waals surface area contributed by atoms with Crippen molar-refractivity contribution >= 4 is 11.0 Å². The fourth-order valence-corrected chi connectivity index (χ4v) is 3.37. The standard InChI is InChI=1S/C16H25N5/c1-4-21-7-5-6-14(21)11-17-9-13-8-15-12(2)19-20(3)16(15)18-10-13/h8,10,14,17H,4-7,9,11H2,1-3H3. The summed E-state index contributed by atoms with van der Waals surface area (Å²) >= 11 is 0. The maximum absolute atomic E-state index is 4.53. The highest BCUT2D eigenvalue weighted by Crippen LogP contribution is 2.17. The first-order valence-corrected chi connectivity index (χ1v) is 7.92. The first-order valence-electron chi connectivity index (χ1n) is 7.92. The number of pyridine rings is 1. The third-order valence-corrected chi connectivity index (χ3v) is 4.53. The fraction of sp³-hybridized carbons (Fsp3) is 0.625. The van der Waals surface area contributed by atoms with E-state index in [0.29, 0.717) is 6.04 Å². The Morgan fingerprint density at radius 2 is 2.29 bits per heavy atom. The second-order valence-electron chi connectivity index (χ2n) is 5.98. The molecule has 114 valence electrons. The van der Waals surface area contributed by atoms with Gasteiger partial charge in [-0.1, -0.05) is 6.92 Å². The minimum Gasteiger partial charge on any atom is -0.311 e. The molecule has 1 unspecified atom stereocenters. The predicted molar refractivity (Wildman–Crippen MR) is 85.2 cm³/mol. The summed E-state index contributed by atoms with van der Waals surface area (Å²) in [4.78, 5) is 7.10. The number of likely N-dealkylation sites (tertiary alicyclic amines) is 1. The molecule has 0 aliphatic carbocycles. The largest absolute Gasteiger partial charge is 0.311 e. The maximum atomic E-state index is 4.53. The number of hydrogen-bond donors (Lipinski definition) is 1. The Morgan fingerprint density at radius 3 is 3.10 bits per heavy atom. The molecule has 1 saturated heterocycles. The third-order valence-electron chi connectivity index (χ3n) is 4.53. The van der Waals surface area contributed by atoms with Gasteiger partial charge in [-0.05, 0) is 44.5 Å². The van der Waals surface area contributed by atoms with E-state index >= 15 is 0 Å². The van der Waals surface area contributed by atoms with Crippen LogP contribution < -0.4 is 5.32 Å². The van der Waals surface area contributed by atoms with Crippen LogP contribution in [0.2, 0.25) is 0 Å². The quantitative estimate of drug-likeness (QED) is 0.911. The van der Waals surface area contributed by atoms with E-state index in [4.69, 9.17) is 0 Å². The summed E-state index contributed by atoms with van der Waals surface area (Å²) in [5.41, 5.74) is 3.25. The van der Waals surface area contributed by atoms with Gasteiger partial charge in [0, 0.05) is 37.8 Å². The number of likely N-dealkylation sites (N-methyl/N-ethyl adjacent to an activating group) is 1. The lowest BCUT2D eigenvalue weighted by molar-refractivity contribution is 0.260. The second kappa shape index (κ2) is 6.12. The average Bonchev–Trinajstić information content (AvgIpc) is 3.04. The molecule has 1 fully saturated rings. The molecule has 5 heteroatoms. The lowest BCUT2D eigenvalue weighted by atomic mass is 10.2. The van der Waals surface area contributed by atoms with Crippen LogP contribution in [0.1, 0.15) is 31.0 Å². The SMILES string of the molecule is CCN1CCCC1CNCc1cnc2c(c1)c(C)nn2C. The Kier molecular flexibility index (Phi) is 4.22. The van der Waals surface area contributed by atoms with E-state index in [1.54, 1.807) is 0 Å². The van der Waals surface area contributed by atoms with Crippen molar-refractivity contribution in [2.75, 3.05) is 19.6 Å². The number of aromatic nitrogens is 3. The predicted octanol–water partition coefficient (Wildman–Crippen LogP) is 1.85. The van der Waals surface area contributed by atoms with Gasteiger partial charge >= 0.3 is 0 Å². The molecule has 21 heavy (non-hydrogen) atoms. The van der Waals surface area contributed by atoms with E-state index in [2.05, 4.69) is 33.3 Å². The van der Waals surface area contributed by atoms with Crippen molar-refractivity contribution in [3.8, 4) is 0 Å². The van der Waals surface area contributed by atoms with E-state index in [9.17, 15) is 0 Å². The zero-order valence-corrected chi connectivity index (χ0v) is 13.3. The maximum Gasteiger partial charge on any atom is 0.157 e. The number of hydrogen-bond acceptors (Lipinski definition) is 4. The molecule has 0 aromatic carbocycles. The second-order valence-corrected chi connectivity index (χ2v) is 5.98. The third kappa shape index (κ3) is 2.94. The van der Waals surface area contributed by atoms with Crippen molar-refractivity contribution < 1.29 is 0 Å². The normalized spacial score (nSPS) is 19.7. The molecule has 3 heterocycles. The van der Waals surface area contributed by atoms with E-state index in [-0.39, 0.29) is 0 Å². The topological polar surface area (TPSA) is 46.0 Å². The molecule has 5 nitrogen and oxygen atoms in total. The van der Waals surface area contributed by atoms with Gasteiger partial charge in [-0.3, -0.25) is 9.58 Å². The molecule has 2 aromatic heterocycles. The minimum atomic E-state index is 0.701. The summed E-state index contributed by atoms with van der Waals surface area (Å²) in [5, 5.41) is 9.17. The van der Waals surface area contributed by atoms with Crippen LogP contribution >= 0.6 is 0 Å². The van der Waals surface area contributed by atoms with Gasteiger partial charge in [-0.25, -0.2) is 4.98 Å². The van der Waals surface area contributed by atoms with E-state index < -0.39 is 0 Å². The van der Waals surface area contributed by atoms with Crippen LogP contribution in [0.4, 0.5) is 0 Å². The smallest absolute Gasteiger partial charge is 0.157 e. The highest BCUT2D eigenvalue weighted by atomic mass is 15.3. The number of aryl methyl sites for hydroxylation is 2. The summed E-state index contributed by atoms with van der Waals surface area (Å²) in [7, 11) is 1.94. The van der Waals surface area contributed by atoms with Gasteiger partial charge < -0.3 is 5.32 Å². The van der Waals surface area contributed by atoms with Gasteiger partial charge in [0.15, 0.2) is 5.65 Å². The van der Waals surface area contributed by atoms with Gasteiger partial charge in [-0.2, -0.15) is 5.10 Å². The molecule has 1 aliphatic heterocycles. The van der Waals surface area contributed by atoms with Crippen molar-refractivity contribution in [1.82, 2.24) is 25.0 Å². The van der Waals surface area contributed by atoms with Crippen LogP contribution in [0.3, 0.4) is 0 Å². The van der Waals surface area contributed by atoms with Gasteiger partial charge in [0.25, 0.3) is 0 Å². The van der Waals surface area contributed by atoms with Crippen molar-refractivity contribution in [3.05, 3.63) is 23.5 Å². The molecule has 0 amide bonds. The van der Waals surface area contributed by atoms with Crippen molar-refractivity contribution in [2.24, 2.45) is 7.05 Å². The highest BCUT2D eigenvalue weighted by molar-refractivity contribution is 5.78. The van der Waals surface area contributed by atoms with Crippen molar-refractivity contribution in [2.45, 2.75) is 39.3 Å². The van der Waals surface area contributed by atoms with Crippen LogP contribution in [-0.4, -0.2) is 45.3 Å². The number of rotatable bonds is 5. The molecule has 2 aromatic rings. The Bertz CT molecular complexity index is 618. The lowest BCUT2D eigenvalue weighted by Crippen LogP contribution is -2.37. The summed E-state index contributed by atoms with van der Waals surface area (Å²) in [6, 6.07) is 2.91. The van der Waals surface area contributed by atoms with Crippen LogP contribution in [0.25, 0.3) is 11.0 Å². The Labute approximate surface area is 126 Å². The molecule has 1 N–H and O–H groups in total. The first kappa shape index (κ1) is 14.5. The van der Waals surface area contributed by atoms with Crippen LogP contribution in [-0.2, 0) is 13.6 Å². The fourth-order valence-electron chi connectivity index (χ4n) is 3.37. The number of nitrogens with one attached hydrogen (secondary N) is 1. The van der Waals surface area contributed by atoms with Crippen molar-refractivity contribution in [3.63, 3.8) is 0 Å². The van der Waals surface area contributed by atoms with Crippen molar-refractivity contribution in [1.29, 1.82) is 0 Å². The molecular formula is C16H25N5. The van der Waals surface area contributed by atoms with Crippen LogP contribution in [0.5, 0.6) is 0 Å². The molecule has 3 rings (SSSR count). The molecule has 0 radical (unpaired) electrons. The average molecular weight is 287 g/mol. The lowest BCUT2D eigenvalue weighted by Gasteiger charge is -2.22.